The molecule has 0 N–H and O–H groups in total. The molecule has 0 aromatic carbocycles. The zero-order valence-corrected chi connectivity index (χ0v) is 9.39. The van der Waals surface area contributed by atoms with Gasteiger partial charge in [0.25, 0.3) is 0 Å². The fourth-order valence-electron chi connectivity index (χ4n) is 0. The van der Waals surface area contributed by atoms with E-state index in [0.29, 0.717) is 0 Å². The third-order valence-corrected chi connectivity index (χ3v) is 0. The minimum atomic E-state index is 0. The zero-order chi connectivity index (χ0) is 0. The Kier molecular flexibility index (Phi) is 119. The summed E-state index contributed by atoms with van der Waals surface area (Å²) < 4.78 is 0. The van der Waals surface area contributed by atoms with Gasteiger partial charge in [0.2, 0.25) is 0 Å². The molecule has 4 heteroatoms. The fraction of sp³-hybridized carbons (Fsp3) is 0. The van der Waals surface area contributed by atoms with E-state index in [1.165, 1.54) is 0 Å². The van der Waals surface area contributed by atoms with Crippen LogP contribution in [0.1, 0.15) is 0 Å². The first kappa shape index (κ1) is 28.3. The molecule has 0 saturated heterocycles. The van der Waals surface area contributed by atoms with Crippen molar-refractivity contribution in [2.75, 3.05) is 0 Å². The molecule has 16 valence electrons. The number of rotatable bonds is 0. The van der Waals surface area contributed by atoms with E-state index in [0.717, 1.165) is 0 Å². The van der Waals surface area contributed by atoms with Gasteiger partial charge in [0.15, 0.2) is 0 Å². The second-order valence-electron chi connectivity index (χ2n) is 0. The van der Waals surface area contributed by atoms with Crippen LogP contribution in [0.15, 0.2) is 0 Å². The van der Waals surface area contributed by atoms with E-state index >= 15 is 0 Å². The first-order chi connectivity index (χ1) is 0. The molecule has 0 bridgehead atoms. The average molecular weight is 228 g/mol. The second kappa shape index (κ2) is 16.8. The molecule has 4 heavy (non-hydrogen) atoms. The monoisotopic (exact) mass is 228 g/mol. The predicted molar refractivity (Wildman–Crippen MR) is 16.9 cm³/mol. The van der Waals surface area contributed by atoms with Crippen LogP contribution in [0.4, 0.5) is 0 Å². The summed E-state index contributed by atoms with van der Waals surface area (Å²) in [6.07, 6.45) is 0. The topological polar surface area (TPSA) is 0 Å². The first-order valence-corrected chi connectivity index (χ1v) is 0. The molecule has 0 fully saturated rings. The molecule has 0 spiro atoms. The van der Waals surface area contributed by atoms with Crippen molar-refractivity contribution in [1.29, 1.82) is 0 Å². The Labute approximate surface area is 84.5 Å². The largest absolute Gasteiger partial charge is 0.153 e. The van der Waals surface area contributed by atoms with Crippen LogP contribution in [0, 0.1) is 35.6 Å². The van der Waals surface area contributed by atoms with E-state index in [4.69, 9.17) is 0 Å². The van der Waals surface area contributed by atoms with Crippen LogP contribution in [0.25, 0.3) is 0 Å². The van der Waals surface area contributed by atoms with Crippen LogP contribution in [-0.4, -0.2) is 18.9 Å². The normalized spacial score (nSPS) is 0. The number of hydrogen-bond donors (Lipinski definition) is 0. The van der Waals surface area contributed by atoms with Crippen LogP contribution in [0.5, 0.6) is 0 Å². The van der Waals surface area contributed by atoms with Gasteiger partial charge < -0.3 is 0 Å². The zero-order valence-electron chi connectivity index (χ0n) is 2.78. The molecule has 0 rings (SSSR count). The Morgan fingerprint density at radius 3 is 1.00 bits per heavy atom. The molecule has 0 aliphatic rings. The number of hydrogen-bond acceptors (Lipinski definition) is 0. The van der Waals surface area contributed by atoms with Crippen LogP contribution in [0.3, 0.4) is 0 Å². The molecule has 2 radical (unpaired) electrons. The molecule has 0 aliphatic heterocycles. The molecule has 1 atom stereocenters. The summed E-state index contributed by atoms with van der Waals surface area (Å²) in [5, 5.41) is 0. The van der Waals surface area contributed by atoms with Gasteiger partial charge in [-0.1, -0.05) is 0 Å². The van der Waals surface area contributed by atoms with E-state index < -0.39 is 0 Å². The van der Waals surface area contributed by atoms with Crippen molar-refractivity contribution in [3.05, 3.63) is 0 Å². The van der Waals surface area contributed by atoms with E-state index in [1.54, 1.807) is 0 Å². The Morgan fingerprint density at radius 2 is 1.00 bits per heavy atom. The molecule has 1 unspecified atom stereocenters. The van der Waals surface area contributed by atoms with Gasteiger partial charge >= 0.3 is 0 Å². The molecular formula is H3LaLiPTi. The fourth-order valence-corrected chi connectivity index (χ4v) is 0. The van der Waals surface area contributed by atoms with Gasteiger partial charge in [0.05, 0.1) is 0 Å². The Bertz CT molecular complexity index is 8.00. The standard InChI is InChI=1S/La.Li.H3P.Ti/h;;1H3;. The molecule has 0 aliphatic carbocycles. The van der Waals surface area contributed by atoms with Crippen LogP contribution < -0.4 is 0 Å². The summed E-state index contributed by atoms with van der Waals surface area (Å²) in [5.74, 6) is 0. The molecule has 0 amide bonds. The maximum Gasteiger partial charge on any atom is 0 e. The SMILES string of the molecule is P.[La].[Li].[Ti]. The molecule has 0 aromatic heterocycles. The van der Waals surface area contributed by atoms with Gasteiger partial charge in [-0.25, -0.2) is 0 Å². The maximum absolute atomic E-state index is 0. The predicted octanol–water partition coefficient (Wildman–Crippen LogP) is -0.325. The van der Waals surface area contributed by atoms with E-state index in [2.05, 4.69) is 0 Å². The maximum atomic E-state index is 0. The summed E-state index contributed by atoms with van der Waals surface area (Å²) in [6.45, 7) is 0. The van der Waals surface area contributed by atoms with Gasteiger partial charge in [-0.2, -0.15) is 9.90 Å². The van der Waals surface area contributed by atoms with E-state index in [9.17, 15) is 0 Å². The minimum absolute atomic E-state index is 0. The second-order valence-corrected chi connectivity index (χ2v) is 0. The third kappa shape index (κ3) is 8.87. The van der Waals surface area contributed by atoms with Crippen LogP contribution >= 0.6 is 9.90 Å². The van der Waals surface area contributed by atoms with Gasteiger partial charge in [-0.05, 0) is 0 Å². The Balaban J connectivity index is 0. The Hall–Kier alpha value is 2.94. The summed E-state index contributed by atoms with van der Waals surface area (Å²) in [7, 11) is 0. The summed E-state index contributed by atoms with van der Waals surface area (Å²) in [5.41, 5.74) is 0. The third-order valence-electron chi connectivity index (χ3n) is 0. The van der Waals surface area contributed by atoms with Crippen molar-refractivity contribution in [3.8, 4) is 0 Å². The summed E-state index contributed by atoms with van der Waals surface area (Å²) in [6, 6.07) is 0. The summed E-state index contributed by atoms with van der Waals surface area (Å²) in [4.78, 5) is 0. The quantitative estimate of drug-likeness (QED) is 0.393. The van der Waals surface area contributed by atoms with Crippen molar-refractivity contribution < 1.29 is 57.3 Å². The van der Waals surface area contributed by atoms with Crippen molar-refractivity contribution >= 4 is 28.8 Å². The smallest absolute Gasteiger partial charge is 0 e. The van der Waals surface area contributed by atoms with Crippen LogP contribution in [-0.2, 0) is 21.7 Å². The van der Waals surface area contributed by atoms with Crippen molar-refractivity contribution in [3.63, 3.8) is 0 Å². The van der Waals surface area contributed by atoms with Gasteiger partial charge in [0.1, 0.15) is 0 Å². The van der Waals surface area contributed by atoms with Crippen LogP contribution in [0.2, 0.25) is 0 Å². The summed E-state index contributed by atoms with van der Waals surface area (Å²) >= 11 is 0. The van der Waals surface area contributed by atoms with Gasteiger partial charge in [0, 0.05) is 76.2 Å². The Morgan fingerprint density at radius 1 is 1.00 bits per heavy atom. The van der Waals surface area contributed by atoms with Crippen molar-refractivity contribution in [2.24, 2.45) is 0 Å². The van der Waals surface area contributed by atoms with Crippen molar-refractivity contribution in [2.45, 2.75) is 0 Å². The molecular weight excluding hydrogens is 225 g/mol. The average Bonchev–Trinajstić information content (AvgIpc) is 0. The van der Waals surface area contributed by atoms with E-state index in [-0.39, 0.29) is 86.1 Å². The molecule has 0 saturated carbocycles. The molecule has 0 heterocycles. The molecule has 0 nitrogen and oxygen atoms in total. The first-order valence-electron chi connectivity index (χ1n) is 0. The minimum Gasteiger partial charge on any atom is -0.153 e. The van der Waals surface area contributed by atoms with Crippen molar-refractivity contribution in [1.82, 2.24) is 0 Å². The molecule has 0 aromatic rings. The van der Waals surface area contributed by atoms with E-state index in [1.807, 2.05) is 0 Å². The van der Waals surface area contributed by atoms with Gasteiger partial charge in [-0.3, -0.25) is 0 Å². The van der Waals surface area contributed by atoms with Gasteiger partial charge in [-0.15, -0.1) is 0 Å².